The van der Waals surface area contributed by atoms with Gasteiger partial charge >= 0.3 is 0 Å². The summed E-state index contributed by atoms with van der Waals surface area (Å²) in [7, 11) is 2.15. The van der Waals surface area contributed by atoms with Crippen LogP contribution in [0.5, 0.6) is 0 Å². The van der Waals surface area contributed by atoms with Gasteiger partial charge in [0.2, 0.25) is 0 Å². The van der Waals surface area contributed by atoms with Crippen LogP contribution in [0.1, 0.15) is 34.1 Å². The second-order valence-electron chi connectivity index (χ2n) is 4.41. The molecule has 1 atom stereocenters. The van der Waals surface area contributed by atoms with E-state index in [1.165, 1.54) is 6.42 Å². The summed E-state index contributed by atoms with van der Waals surface area (Å²) in [4.78, 5) is 2.35. The highest BCUT2D eigenvalue weighted by atomic mass is 15.2. The van der Waals surface area contributed by atoms with E-state index in [0.29, 0.717) is 0 Å². The lowest BCUT2D eigenvalue weighted by molar-refractivity contribution is 0.141. The van der Waals surface area contributed by atoms with Crippen molar-refractivity contribution in [1.82, 2.24) is 4.90 Å². The Morgan fingerprint density at radius 2 is 1.92 bits per heavy atom. The van der Waals surface area contributed by atoms with Gasteiger partial charge in [0.25, 0.3) is 0 Å². The average Bonchev–Trinajstić information content (AvgIpc) is 2.04. The van der Waals surface area contributed by atoms with Crippen LogP contribution in [0.4, 0.5) is 0 Å². The first-order chi connectivity index (χ1) is 5.44. The van der Waals surface area contributed by atoms with Crippen molar-refractivity contribution in [2.24, 2.45) is 11.7 Å². The molecule has 0 bridgehead atoms. The van der Waals surface area contributed by atoms with E-state index in [4.69, 9.17) is 5.73 Å². The van der Waals surface area contributed by atoms with Gasteiger partial charge in [-0.2, -0.15) is 0 Å². The largest absolute Gasteiger partial charge is 0.329 e. The van der Waals surface area contributed by atoms with Gasteiger partial charge in [-0.15, -0.1) is 0 Å². The third-order valence-electron chi connectivity index (χ3n) is 2.82. The number of hydrogen-bond acceptors (Lipinski definition) is 2. The Morgan fingerprint density at radius 1 is 1.42 bits per heavy atom. The van der Waals surface area contributed by atoms with Gasteiger partial charge in [-0.3, -0.25) is 4.90 Å². The molecule has 0 aliphatic carbocycles. The predicted octanol–water partition coefficient (Wildman–Crippen LogP) is 1.70. The number of nitrogens with zero attached hydrogens (tertiary/aromatic N) is 1. The second kappa shape index (κ2) is 4.83. The van der Waals surface area contributed by atoms with Crippen molar-refractivity contribution in [1.29, 1.82) is 0 Å². The van der Waals surface area contributed by atoms with Gasteiger partial charge < -0.3 is 5.73 Å². The molecule has 0 radical (unpaired) electrons. The molecule has 74 valence electrons. The summed E-state index contributed by atoms with van der Waals surface area (Å²) in [6, 6.07) is 0. The van der Waals surface area contributed by atoms with Crippen LogP contribution in [-0.2, 0) is 0 Å². The summed E-state index contributed by atoms with van der Waals surface area (Å²) in [6.07, 6.45) is 1.24. The van der Waals surface area contributed by atoms with Crippen molar-refractivity contribution in [2.75, 3.05) is 20.1 Å². The van der Waals surface area contributed by atoms with Crippen LogP contribution < -0.4 is 5.73 Å². The predicted molar refractivity (Wildman–Crippen MR) is 55.2 cm³/mol. The van der Waals surface area contributed by atoms with Crippen LogP contribution in [0.2, 0.25) is 0 Å². The molecule has 0 amide bonds. The first kappa shape index (κ1) is 11.9. The fourth-order valence-electron chi connectivity index (χ4n) is 1.000. The number of hydrogen-bond donors (Lipinski definition) is 1. The van der Waals surface area contributed by atoms with E-state index in [9.17, 15) is 0 Å². The lowest BCUT2D eigenvalue weighted by Gasteiger charge is -2.36. The van der Waals surface area contributed by atoms with Crippen LogP contribution >= 0.6 is 0 Å². The maximum absolute atomic E-state index is 5.68. The maximum atomic E-state index is 5.68. The highest BCUT2D eigenvalue weighted by Gasteiger charge is 2.22. The molecule has 0 saturated heterocycles. The molecule has 0 saturated carbocycles. The molecule has 0 fully saturated rings. The third-order valence-corrected chi connectivity index (χ3v) is 2.82. The number of likely N-dealkylation sites (N-methyl/N-ethyl adjacent to an activating group) is 1. The van der Waals surface area contributed by atoms with Gasteiger partial charge in [-0.25, -0.2) is 0 Å². The molecule has 2 heteroatoms. The van der Waals surface area contributed by atoms with E-state index in [-0.39, 0.29) is 5.54 Å². The summed E-state index contributed by atoms with van der Waals surface area (Å²) in [5.74, 6) is 0.765. The van der Waals surface area contributed by atoms with Crippen LogP contribution in [0.3, 0.4) is 0 Å². The van der Waals surface area contributed by atoms with E-state index in [2.05, 4.69) is 39.6 Å². The van der Waals surface area contributed by atoms with E-state index < -0.39 is 0 Å². The summed E-state index contributed by atoms with van der Waals surface area (Å²) < 4.78 is 0. The molecule has 0 aromatic rings. The molecule has 0 aliphatic rings. The molecular weight excluding hydrogens is 148 g/mol. The normalized spacial score (nSPS) is 15.2. The molecule has 2 nitrogen and oxygen atoms in total. The summed E-state index contributed by atoms with van der Waals surface area (Å²) in [6.45, 7) is 10.8. The quantitative estimate of drug-likeness (QED) is 0.684. The zero-order valence-electron chi connectivity index (χ0n) is 9.22. The van der Waals surface area contributed by atoms with Gasteiger partial charge in [0, 0.05) is 18.6 Å². The zero-order valence-corrected chi connectivity index (χ0v) is 9.22. The lowest BCUT2D eigenvalue weighted by atomic mass is 10.0. The SMILES string of the molecule is CCC(C)CN(C)C(C)(C)CN. The Balaban J connectivity index is 3.93. The Hall–Kier alpha value is -0.0800. The molecule has 0 spiro atoms. The van der Waals surface area contributed by atoms with Crippen LogP contribution in [-0.4, -0.2) is 30.6 Å². The van der Waals surface area contributed by atoms with Gasteiger partial charge in [-0.05, 0) is 26.8 Å². The summed E-state index contributed by atoms with van der Waals surface area (Å²) in [5.41, 5.74) is 5.83. The molecule has 12 heavy (non-hydrogen) atoms. The minimum absolute atomic E-state index is 0.142. The van der Waals surface area contributed by atoms with Gasteiger partial charge in [0.15, 0.2) is 0 Å². The first-order valence-corrected chi connectivity index (χ1v) is 4.85. The fraction of sp³-hybridized carbons (Fsp3) is 1.00. The molecule has 1 unspecified atom stereocenters. The lowest BCUT2D eigenvalue weighted by Crippen LogP contribution is -2.48. The zero-order chi connectivity index (χ0) is 9.78. The monoisotopic (exact) mass is 172 g/mol. The molecule has 0 aromatic carbocycles. The fourth-order valence-corrected chi connectivity index (χ4v) is 1.000. The van der Waals surface area contributed by atoms with Crippen molar-refractivity contribution in [3.63, 3.8) is 0 Å². The molecule has 0 rings (SSSR count). The van der Waals surface area contributed by atoms with E-state index in [1.54, 1.807) is 0 Å². The maximum Gasteiger partial charge on any atom is 0.0272 e. The first-order valence-electron chi connectivity index (χ1n) is 4.85. The minimum atomic E-state index is 0.142. The molecule has 2 N–H and O–H groups in total. The van der Waals surface area contributed by atoms with Crippen molar-refractivity contribution < 1.29 is 0 Å². The van der Waals surface area contributed by atoms with Crippen LogP contribution in [0, 0.1) is 5.92 Å². The van der Waals surface area contributed by atoms with Gasteiger partial charge in [0.05, 0.1) is 0 Å². The Kier molecular flexibility index (Phi) is 4.80. The molecule has 0 aromatic heterocycles. The molecular formula is C10H24N2. The number of nitrogens with two attached hydrogens (primary N) is 1. The van der Waals surface area contributed by atoms with Crippen molar-refractivity contribution in [3.8, 4) is 0 Å². The van der Waals surface area contributed by atoms with Crippen LogP contribution in [0.25, 0.3) is 0 Å². The van der Waals surface area contributed by atoms with E-state index >= 15 is 0 Å². The smallest absolute Gasteiger partial charge is 0.0272 e. The highest BCUT2D eigenvalue weighted by Crippen LogP contribution is 2.13. The van der Waals surface area contributed by atoms with Crippen molar-refractivity contribution in [2.45, 2.75) is 39.7 Å². The standard InChI is InChI=1S/C10H24N2/c1-6-9(2)7-12(5)10(3,4)8-11/h9H,6-8,11H2,1-5H3. The number of rotatable bonds is 5. The van der Waals surface area contributed by atoms with Gasteiger partial charge in [-0.1, -0.05) is 20.3 Å². The Morgan fingerprint density at radius 3 is 2.25 bits per heavy atom. The van der Waals surface area contributed by atoms with Crippen molar-refractivity contribution >= 4 is 0 Å². The van der Waals surface area contributed by atoms with Gasteiger partial charge in [0.1, 0.15) is 0 Å². The summed E-state index contributed by atoms with van der Waals surface area (Å²) >= 11 is 0. The molecule has 0 aliphatic heterocycles. The Labute approximate surface area is 77.1 Å². The Bertz CT molecular complexity index is 121. The summed E-state index contributed by atoms with van der Waals surface area (Å²) in [5, 5.41) is 0. The minimum Gasteiger partial charge on any atom is -0.329 e. The average molecular weight is 172 g/mol. The van der Waals surface area contributed by atoms with Crippen molar-refractivity contribution in [3.05, 3.63) is 0 Å². The topological polar surface area (TPSA) is 29.3 Å². The highest BCUT2D eigenvalue weighted by molar-refractivity contribution is 4.80. The van der Waals surface area contributed by atoms with E-state index in [0.717, 1.165) is 19.0 Å². The third kappa shape index (κ3) is 3.55. The molecule has 0 heterocycles. The second-order valence-corrected chi connectivity index (χ2v) is 4.41. The van der Waals surface area contributed by atoms with E-state index in [1.807, 2.05) is 0 Å². The van der Waals surface area contributed by atoms with Crippen LogP contribution in [0.15, 0.2) is 0 Å².